The van der Waals surface area contributed by atoms with Gasteiger partial charge in [0.1, 0.15) is 11.4 Å². The highest BCUT2D eigenvalue weighted by Crippen LogP contribution is 2.01. The number of hydrogen-bond acceptors (Lipinski definition) is 6. The van der Waals surface area contributed by atoms with Gasteiger partial charge in [-0.15, -0.1) is 0 Å². The molecule has 0 bridgehead atoms. The van der Waals surface area contributed by atoms with Gasteiger partial charge in [0.15, 0.2) is 0 Å². The quantitative estimate of drug-likeness (QED) is 0.594. The van der Waals surface area contributed by atoms with Crippen molar-refractivity contribution < 1.29 is 23.3 Å². The van der Waals surface area contributed by atoms with Gasteiger partial charge in [0.2, 0.25) is 0 Å². The molecule has 0 amide bonds. The molecule has 0 unspecified atom stereocenters. The van der Waals surface area contributed by atoms with Gasteiger partial charge in [0.25, 0.3) is 0 Å². The van der Waals surface area contributed by atoms with Gasteiger partial charge in [-0.3, -0.25) is 19.5 Å². The highest BCUT2D eigenvalue weighted by molar-refractivity contribution is 6.63. The number of halogens is 1. The molecule has 1 aliphatic heterocycles. The third-order valence-electron chi connectivity index (χ3n) is 2.26. The number of aromatic nitrogens is 1. The van der Waals surface area contributed by atoms with E-state index in [1.807, 2.05) is 0 Å². The summed E-state index contributed by atoms with van der Waals surface area (Å²) in [7, 11) is 0.290. The molecule has 1 saturated heterocycles. The van der Waals surface area contributed by atoms with Gasteiger partial charge in [-0.2, -0.15) is 0 Å². The summed E-state index contributed by atoms with van der Waals surface area (Å²) in [4.78, 5) is 28.2. The van der Waals surface area contributed by atoms with Gasteiger partial charge in [-0.25, -0.2) is 4.39 Å². The van der Waals surface area contributed by atoms with Crippen molar-refractivity contribution in [2.75, 3.05) is 20.1 Å². The molecule has 2 rings (SSSR count). The number of pyridine rings is 1. The number of carbonyl (C=O) groups is 2. The van der Waals surface area contributed by atoms with Crippen LogP contribution in [-0.2, 0) is 18.9 Å². The minimum atomic E-state index is -1.30. The van der Waals surface area contributed by atoms with Crippen molar-refractivity contribution in [1.82, 2.24) is 9.88 Å². The Hall–Kier alpha value is -1.96. The monoisotopic (exact) mass is 252 g/mol. The molecule has 1 fully saturated rings. The smallest absolute Gasteiger partial charge is 0.493 e. The molecule has 8 heteroatoms. The molecule has 0 N–H and O–H groups in total. The lowest BCUT2D eigenvalue weighted by atomic mass is 9.83. The first-order valence-electron chi connectivity index (χ1n) is 5.23. The van der Waals surface area contributed by atoms with Crippen LogP contribution in [0.2, 0.25) is 0 Å². The average molecular weight is 252 g/mol. The molecular formula is C10H10BFN2O4. The van der Waals surface area contributed by atoms with Crippen LogP contribution in [0.25, 0.3) is 0 Å². The Morgan fingerprint density at radius 3 is 2.50 bits per heavy atom. The van der Waals surface area contributed by atoms with Crippen LogP contribution in [-0.4, -0.2) is 49.1 Å². The molecule has 0 aliphatic carbocycles. The topological polar surface area (TPSA) is 68.7 Å². The summed E-state index contributed by atoms with van der Waals surface area (Å²) >= 11 is 0. The first kappa shape index (κ1) is 12.5. The Morgan fingerprint density at radius 2 is 1.94 bits per heavy atom. The molecule has 18 heavy (non-hydrogen) atoms. The Morgan fingerprint density at radius 1 is 1.33 bits per heavy atom. The van der Waals surface area contributed by atoms with Gasteiger partial charge < -0.3 is 9.31 Å². The van der Waals surface area contributed by atoms with E-state index >= 15 is 0 Å². The van der Waals surface area contributed by atoms with Crippen molar-refractivity contribution >= 4 is 24.7 Å². The number of nitrogens with zero attached hydrogens (tertiary/aromatic N) is 2. The Labute approximate surface area is 103 Å². The van der Waals surface area contributed by atoms with Gasteiger partial charge in [-0.05, 0) is 19.2 Å². The summed E-state index contributed by atoms with van der Waals surface area (Å²) < 4.78 is 22.9. The minimum Gasteiger partial charge on any atom is -0.493 e. The second kappa shape index (κ2) is 5.13. The van der Waals surface area contributed by atoms with Crippen LogP contribution in [0.3, 0.4) is 0 Å². The van der Waals surface area contributed by atoms with Crippen LogP contribution in [0.4, 0.5) is 4.39 Å². The zero-order valence-electron chi connectivity index (χ0n) is 9.63. The van der Waals surface area contributed by atoms with E-state index in [4.69, 9.17) is 9.31 Å². The summed E-state index contributed by atoms with van der Waals surface area (Å²) in [6, 6.07) is 2.19. The largest absolute Gasteiger partial charge is 0.656 e. The van der Waals surface area contributed by atoms with Gasteiger partial charge in [0, 0.05) is 6.20 Å². The minimum absolute atomic E-state index is 0.0408. The van der Waals surface area contributed by atoms with Crippen molar-refractivity contribution in [3.05, 3.63) is 24.1 Å². The molecule has 2 heterocycles. The molecular weight excluding hydrogens is 242 g/mol. The molecule has 94 valence electrons. The maximum absolute atomic E-state index is 13.0. The zero-order chi connectivity index (χ0) is 13.1. The number of hydrogen-bond donors (Lipinski definition) is 0. The summed E-state index contributed by atoms with van der Waals surface area (Å²) in [5.41, 5.74) is 0.0428. The third-order valence-corrected chi connectivity index (χ3v) is 2.26. The van der Waals surface area contributed by atoms with E-state index in [1.165, 1.54) is 11.1 Å². The summed E-state index contributed by atoms with van der Waals surface area (Å²) in [5.74, 6) is -1.69. The van der Waals surface area contributed by atoms with Gasteiger partial charge in [0.05, 0.1) is 13.1 Å². The molecule has 0 aromatic carbocycles. The van der Waals surface area contributed by atoms with E-state index in [9.17, 15) is 14.0 Å². The Balaban J connectivity index is 2.20. The molecule has 6 nitrogen and oxygen atoms in total. The molecule has 0 radical (unpaired) electrons. The lowest BCUT2D eigenvalue weighted by molar-refractivity contribution is -0.145. The average Bonchev–Trinajstić information content (AvgIpc) is 2.25. The predicted molar refractivity (Wildman–Crippen MR) is 59.3 cm³/mol. The van der Waals surface area contributed by atoms with Crippen LogP contribution in [0, 0.1) is 5.82 Å². The summed E-state index contributed by atoms with van der Waals surface area (Å²) in [5, 5.41) is 0. The summed E-state index contributed by atoms with van der Waals surface area (Å²) in [6.07, 6.45) is 1.21. The number of rotatable bonds is 1. The highest BCUT2D eigenvalue weighted by Gasteiger charge is 2.35. The lowest BCUT2D eigenvalue weighted by Gasteiger charge is -2.22. The number of likely N-dealkylation sites (N-methyl/N-ethyl adjacent to an activating group) is 1. The van der Waals surface area contributed by atoms with E-state index in [0.29, 0.717) is 0 Å². The van der Waals surface area contributed by atoms with Gasteiger partial charge >= 0.3 is 19.1 Å². The standard InChI is InChI=1S/C10H10BFN2O4/c1-14-5-9(15)17-11(18-10(16)6-14)8-4-7(12)2-3-13-8/h2-4H,5-6H2,1H3. The van der Waals surface area contributed by atoms with E-state index in [0.717, 1.165) is 12.1 Å². The maximum Gasteiger partial charge on any atom is 0.656 e. The molecule has 0 saturated carbocycles. The number of carbonyl (C=O) groups excluding carboxylic acids is 2. The van der Waals surface area contributed by atoms with Crippen molar-refractivity contribution in [3.8, 4) is 0 Å². The second-order valence-corrected chi connectivity index (χ2v) is 3.88. The molecule has 1 aromatic heterocycles. The summed E-state index contributed by atoms with van der Waals surface area (Å²) in [6.45, 7) is -0.0815. The van der Waals surface area contributed by atoms with E-state index in [2.05, 4.69) is 4.98 Å². The predicted octanol–water partition coefficient (Wildman–Crippen LogP) is -1.05. The molecule has 0 atom stereocenters. The van der Waals surface area contributed by atoms with Crippen LogP contribution in [0.5, 0.6) is 0 Å². The van der Waals surface area contributed by atoms with E-state index in [1.54, 1.807) is 7.05 Å². The fourth-order valence-corrected chi connectivity index (χ4v) is 1.50. The van der Waals surface area contributed by atoms with Crippen LogP contribution >= 0.6 is 0 Å². The van der Waals surface area contributed by atoms with Crippen molar-refractivity contribution in [1.29, 1.82) is 0 Å². The first-order chi connectivity index (χ1) is 8.54. The van der Waals surface area contributed by atoms with Crippen LogP contribution < -0.4 is 5.59 Å². The highest BCUT2D eigenvalue weighted by atomic mass is 19.1. The first-order valence-corrected chi connectivity index (χ1v) is 5.23. The normalized spacial score (nSPS) is 17.8. The van der Waals surface area contributed by atoms with Crippen LogP contribution in [0.15, 0.2) is 18.3 Å². The Bertz CT molecular complexity index is 465. The van der Waals surface area contributed by atoms with Crippen molar-refractivity contribution in [3.63, 3.8) is 0 Å². The van der Waals surface area contributed by atoms with Gasteiger partial charge in [-0.1, -0.05) is 0 Å². The SMILES string of the molecule is CN1CC(=O)OB(c2cc(F)ccn2)OC(=O)C1. The van der Waals surface area contributed by atoms with Crippen molar-refractivity contribution in [2.24, 2.45) is 0 Å². The second-order valence-electron chi connectivity index (χ2n) is 3.88. The van der Waals surface area contributed by atoms with E-state index < -0.39 is 24.9 Å². The molecule has 1 aromatic rings. The van der Waals surface area contributed by atoms with Crippen molar-refractivity contribution in [2.45, 2.75) is 0 Å². The lowest BCUT2D eigenvalue weighted by Crippen LogP contribution is -2.48. The van der Waals surface area contributed by atoms with Crippen LogP contribution in [0.1, 0.15) is 0 Å². The molecule has 1 aliphatic rings. The fourth-order valence-electron chi connectivity index (χ4n) is 1.50. The van der Waals surface area contributed by atoms with E-state index in [-0.39, 0.29) is 18.7 Å². The zero-order valence-corrected chi connectivity index (χ0v) is 9.63. The maximum atomic E-state index is 13.0. The third kappa shape index (κ3) is 3.04. The molecule has 0 spiro atoms. The Kier molecular flexibility index (Phi) is 3.56. The fraction of sp³-hybridized carbons (Fsp3) is 0.300.